The highest BCUT2D eigenvalue weighted by Crippen LogP contribution is 2.15. The molecule has 0 heterocycles. The van der Waals surface area contributed by atoms with Gasteiger partial charge in [-0.3, -0.25) is 0 Å². The lowest BCUT2D eigenvalue weighted by Crippen LogP contribution is -1.97. The van der Waals surface area contributed by atoms with Crippen LogP contribution in [-0.2, 0) is 6.42 Å². The Morgan fingerprint density at radius 1 is 1.13 bits per heavy atom. The smallest absolute Gasteiger partial charge is 0.118 e. The quantitative estimate of drug-likeness (QED) is 0.716. The second-order valence-electron chi connectivity index (χ2n) is 3.57. The van der Waals surface area contributed by atoms with Crippen LogP contribution in [0.3, 0.4) is 0 Å². The highest BCUT2D eigenvalue weighted by Gasteiger charge is 2.00. The van der Waals surface area contributed by atoms with E-state index in [-0.39, 0.29) is 0 Å². The lowest BCUT2D eigenvalue weighted by atomic mass is 9.99. The molecule has 0 aliphatic heterocycles. The minimum absolute atomic E-state index is 0.772. The van der Waals surface area contributed by atoms with Gasteiger partial charge >= 0.3 is 0 Å². The molecule has 0 amide bonds. The second-order valence-corrected chi connectivity index (χ2v) is 3.57. The average Bonchev–Trinajstić information content (AvgIpc) is 2.32. The van der Waals surface area contributed by atoms with E-state index >= 15 is 0 Å². The normalized spacial score (nSPS) is 11.3. The fraction of sp³-hybridized carbons (Fsp3) is 0.571. The van der Waals surface area contributed by atoms with E-state index in [0.29, 0.717) is 0 Å². The lowest BCUT2D eigenvalue weighted by Gasteiger charge is -2.08. The van der Waals surface area contributed by atoms with Crippen LogP contribution in [-0.4, -0.2) is 7.11 Å². The van der Waals surface area contributed by atoms with Crippen molar-refractivity contribution >= 4 is 0 Å². The standard InChI is InChI=1S/C12H18O.C2H6/c1-4-10(2)9-11-5-7-12(13-3)8-6-11;1-2/h5-8,10H,4,9H2,1-3H3;1-2H3. The summed E-state index contributed by atoms with van der Waals surface area (Å²) in [5.74, 6) is 1.71. The van der Waals surface area contributed by atoms with Crippen molar-refractivity contribution in [2.75, 3.05) is 7.11 Å². The van der Waals surface area contributed by atoms with Crippen LogP contribution in [0.15, 0.2) is 24.3 Å². The first-order valence-corrected chi connectivity index (χ1v) is 5.89. The minimum Gasteiger partial charge on any atom is -0.497 e. The Bertz CT molecular complexity index is 238. The zero-order valence-corrected chi connectivity index (χ0v) is 10.7. The van der Waals surface area contributed by atoms with Crippen LogP contribution in [0.4, 0.5) is 0 Å². The molecule has 1 unspecified atom stereocenters. The van der Waals surface area contributed by atoms with Gasteiger partial charge in [-0.1, -0.05) is 46.2 Å². The molecule has 1 atom stereocenters. The summed E-state index contributed by atoms with van der Waals surface area (Å²) in [4.78, 5) is 0. The largest absolute Gasteiger partial charge is 0.497 e. The molecular weight excluding hydrogens is 184 g/mol. The van der Waals surface area contributed by atoms with Gasteiger partial charge in [-0.25, -0.2) is 0 Å². The molecule has 1 heteroatoms. The second kappa shape index (κ2) is 8.34. The van der Waals surface area contributed by atoms with Crippen LogP contribution in [0.5, 0.6) is 5.75 Å². The monoisotopic (exact) mass is 208 g/mol. The fourth-order valence-electron chi connectivity index (χ4n) is 1.31. The summed E-state index contributed by atoms with van der Waals surface area (Å²) in [6, 6.07) is 8.34. The third kappa shape index (κ3) is 5.46. The van der Waals surface area contributed by atoms with Crippen molar-refractivity contribution in [1.29, 1.82) is 0 Å². The average molecular weight is 208 g/mol. The van der Waals surface area contributed by atoms with Crippen molar-refractivity contribution in [3.63, 3.8) is 0 Å². The molecule has 0 saturated heterocycles. The van der Waals surface area contributed by atoms with Crippen molar-refractivity contribution in [1.82, 2.24) is 0 Å². The Balaban J connectivity index is 0.000000921. The van der Waals surface area contributed by atoms with E-state index in [1.54, 1.807) is 7.11 Å². The molecule has 0 bridgehead atoms. The molecule has 0 N–H and O–H groups in total. The van der Waals surface area contributed by atoms with Gasteiger partial charge in [-0.05, 0) is 30.0 Å². The van der Waals surface area contributed by atoms with Gasteiger partial charge in [-0.15, -0.1) is 0 Å². The number of hydrogen-bond acceptors (Lipinski definition) is 1. The first kappa shape index (κ1) is 14.0. The van der Waals surface area contributed by atoms with Crippen molar-refractivity contribution in [3.8, 4) is 5.75 Å². The van der Waals surface area contributed by atoms with Crippen molar-refractivity contribution in [2.24, 2.45) is 5.92 Å². The number of hydrogen-bond donors (Lipinski definition) is 0. The Morgan fingerprint density at radius 2 is 1.67 bits per heavy atom. The van der Waals surface area contributed by atoms with E-state index in [9.17, 15) is 0 Å². The molecule has 1 aromatic carbocycles. The first-order valence-electron chi connectivity index (χ1n) is 5.89. The van der Waals surface area contributed by atoms with E-state index in [1.807, 2.05) is 26.0 Å². The Morgan fingerprint density at radius 3 is 2.07 bits per heavy atom. The molecule has 0 saturated carbocycles. The maximum atomic E-state index is 5.10. The Hall–Kier alpha value is -0.980. The van der Waals surface area contributed by atoms with E-state index in [4.69, 9.17) is 4.74 Å². The molecular formula is C14H24O. The van der Waals surface area contributed by atoms with Crippen LogP contribution < -0.4 is 4.74 Å². The van der Waals surface area contributed by atoms with Crippen molar-refractivity contribution in [3.05, 3.63) is 29.8 Å². The molecule has 0 aliphatic carbocycles. The number of methoxy groups -OCH3 is 1. The van der Waals surface area contributed by atoms with Crippen LogP contribution in [0.1, 0.15) is 39.7 Å². The summed E-state index contributed by atoms with van der Waals surface area (Å²) in [7, 11) is 1.70. The summed E-state index contributed by atoms with van der Waals surface area (Å²) in [5.41, 5.74) is 1.40. The van der Waals surface area contributed by atoms with Crippen LogP contribution in [0.2, 0.25) is 0 Å². The van der Waals surface area contributed by atoms with E-state index in [0.717, 1.165) is 11.7 Å². The molecule has 0 aromatic heterocycles. The summed E-state index contributed by atoms with van der Waals surface area (Å²) in [6.45, 7) is 8.51. The highest BCUT2D eigenvalue weighted by atomic mass is 16.5. The maximum Gasteiger partial charge on any atom is 0.118 e. The van der Waals surface area contributed by atoms with Gasteiger partial charge in [0.25, 0.3) is 0 Å². The first-order chi connectivity index (χ1) is 7.26. The summed E-state index contributed by atoms with van der Waals surface area (Å²) in [5, 5.41) is 0. The van der Waals surface area contributed by atoms with Crippen LogP contribution in [0, 0.1) is 5.92 Å². The van der Waals surface area contributed by atoms with Gasteiger partial charge in [0.2, 0.25) is 0 Å². The van der Waals surface area contributed by atoms with Crippen LogP contribution in [0.25, 0.3) is 0 Å². The number of rotatable bonds is 4. The van der Waals surface area contributed by atoms with Crippen molar-refractivity contribution in [2.45, 2.75) is 40.5 Å². The Kier molecular flexibility index (Phi) is 7.79. The van der Waals surface area contributed by atoms with E-state index in [2.05, 4.69) is 26.0 Å². The lowest BCUT2D eigenvalue weighted by molar-refractivity contribution is 0.414. The molecule has 1 aromatic rings. The molecule has 0 spiro atoms. The van der Waals surface area contributed by atoms with Crippen molar-refractivity contribution < 1.29 is 4.74 Å². The number of ether oxygens (including phenoxy) is 1. The predicted octanol–water partition coefficient (Wildman–Crippen LogP) is 4.31. The summed E-state index contributed by atoms with van der Waals surface area (Å²) in [6.07, 6.45) is 2.41. The highest BCUT2D eigenvalue weighted by molar-refractivity contribution is 5.27. The summed E-state index contributed by atoms with van der Waals surface area (Å²) >= 11 is 0. The van der Waals surface area contributed by atoms with Gasteiger partial charge in [0, 0.05) is 0 Å². The number of benzene rings is 1. The Labute approximate surface area is 94.5 Å². The van der Waals surface area contributed by atoms with Gasteiger partial charge < -0.3 is 4.74 Å². The molecule has 15 heavy (non-hydrogen) atoms. The minimum atomic E-state index is 0.772. The topological polar surface area (TPSA) is 9.23 Å². The maximum absolute atomic E-state index is 5.10. The molecule has 0 aliphatic rings. The molecule has 1 rings (SSSR count). The molecule has 86 valence electrons. The van der Waals surface area contributed by atoms with Gasteiger partial charge in [0.1, 0.15) is 5.75 Å². The third-order valence-corrected chi connectivity index (χ3v) is 2.44. The van der Waals surface area contributed by atoms with Crippen LogP contribution >= 0.6 is 0 Å². The molecule has 0 radical (unpaired) electrons. The fourth-order valence-corrected chi connectivity index (χ4v) is 1.31. The van der Waals surface area contributed by atoms with E-state index < -0.39 is 0 Å². The zero-order valence-electron chi connectivity index (χ0n) is 10.7. The van der Waals surface area contributed by atoms with E-state index in [1.165, 1.54) is 18.4 Å². The molecule has 1 nitrogen and oxygen atoms in total. The van der Waals surface area contributed by atoms with Gasteiger partial charge in [0.15, 0.2) is 0 Å². The summed E-state index contributed by atoms with van der Waals surface area (Å²) < 4.78 is 5.10. The SMILES string of the molecule is CC.CCC(C)Cc1ccc(OC)cc1. The molecule has 0 fully saturated rings. The zero-order chi connectivity index (χ0) is 11.7. The predicted molar refractivity (Wildman–Crippen MR) is 67.5 cm³/mol. The van der Waals surface area contributed by atoms with Gasteiger partial charge in [0.05, 0.1) is 7.11 Å². The third-order valence-electron chi connectivity index (χ3n) is 2.44. The van der Waals surface area contributed by atoms with Gasteiger partial charge in [-0.2, -0.15) is 0 Å².